The Bertz CT molecular complexity index is 349. The third-order valence-electron chi connectivity index (χ3n) is 3.18. The summed E-state index contributed by atoms with van der Waals surface area (Å²) in [6.07, 6.45) is 1.82. The van der Waals surface area contributed by atoms with E-state index in [1.165, 1.54) is 0 Å². The van der Waals surface area contributed by atoms with Crippen molar-refractivity contribution in [1.29, 1.82) is 0 Å². The average Bonchev–Trinajstić information content (AvgIpc) is 2.26. The first-order valence-corrected chi connectivity index (χ1v) is 5.72. The molecule has 16 heavy (non-hydrogen) atoms. The molecule has 0 fully saturated rings. The Morgan fingerprint density at radius 1 is 1.38 bits per heavy atom. The first-order valence-electron chi connectivity index (χ1n) is 5.72. The van der Waals surface area contributed by atoms with Crippen molar-refractivity contribution in [2.75, 3.05) is 11.9 Å². The van der Waals surface area contributed by atoms with Gasteiger partial charge in [0.05, 0.1) is 0 Å². The number of rotatable bonds is 4. The summed E-state index contributed by atoms with van der Waals surface area (Å²) in [6.45, 7) is 9.04. The molecule has 0 aromatic carbocycles. The molecule has 1 rings (SSSR count). The van der Waals surface area contributed by atoms with Crippen molar-refractivity contribution in [2.24, 2.45) is 11.7 Å². The second-order valence-electron chi connectivity index (χ2n) is 4.58. The number of anilines is 1. The molecular weight excluding hydrogens is 200 g/mol. The molecule has 1 heterocycles. The fourth-order valence-corrected chi connectivity index (χ4v) is 1.48. The zero-order chi connectivity index (χ0) is 12.3. The Labute approximate surface area is 97.9 Å². The van der Waals surface area contributed by atoms with Gasteiger partial charge in [0.2, 0.25) is 5.95 Å². The maximum Gasteiger partial charge on any atom is 0.225 e. The SMILES string of the molecule is Cc1nc(N(C)C(C)C(C)C)ncc1CN. The maximum atomic E-state index is 5.59. The van der Waals surface area contributed by atoms with E-state index in [1.807, 2.05) is 20.2 Å². The number of nitrogens with zero attached hydrogens (tertiary/aromatic N) is 3. The van der Waals surface area contributed by atoms with Crippen molar-refractivity contribution in [3.05, 3.63) is 17.5 Å². The zero-order valence-corrected chi connectivity index (χ0v) is 10.9. The Kier molecular flexibility index (Phi) is 4.24. The lowest BCUT2D eigenvalue weighted by Crippen LogP contribution is -2.34. The molecule has 4 nitrogen and oxygen atoms in total. The van der Waals surface area contributed by atoms with Gasteiger partial charge in [0.15, 0.2) is 0 Å². The van der Waals surface area contributed by atoms with Crippen molar-refractivity contribution >= 4 is 5.95 Å². The molecule has 1 aromatic rings. The minimum Gasteiger partial charge on any atom is -0.341 e. The minimum absolute atomic E-state index is 0.420. The van der Waals surface area contributed by atoms with E-state index in [2.05, 4.69) is 35.6 Å². The fourth-order valence-electron chi connectivity index (χ4n) is 1.48. The van der Waals surface area contributed by atoms with E-state index in [0.29, 0.717) is 18.5 Å². The fraction of sp³-hybridized carbons (Fsp3) is 0.667. The molecule has 0 spiro atoms. The van der Waals surface area contributed by atoms with Gasteiger partial charge in [-0.25, -0.2) is 9.97 Å². The van der Waals surface area contributed by atoms with Crippen LogP contribution in [0.4, 0.5) is 5.95 Å². The van der Waals surface area contributed by atoms with Gasteiger partial charge in [-0.1, -0.05) is 13.8 Å². The summed E-state index contributed by atoms with van der Waals surface area (Å²) in [6, 6.07) is 0.420. The van der Waals surface area contributed by atoms with Crippen LogP contribution in [0.25, 0.3) is 0 Å². The predicted octanol–water partition coefficient (Wildman–Crippen LogP) is 1.72. The number of nitrogens with two attached hydrogens (primary N) is 1. The van der Waals surface area contributed by atoms with Crippen LogP contribution in [0.3, 0.4) is 0 Å². The van der Waals surface area contributed by atoms with Crippen LogP contribution in [0.15, 0.2) is 6.20 Å². The van der Waals surface area contributed by atoms with Gasteiger partial charge in [0, 0.05) is 37.1 Å². The van der Waals surface area contributed by atoms with Crippen LogP contribution in [-0.4, -0.2) is 23.1 Å². The number of hydrogen-bond acceptors (Lipinski definition) is 4. The van der Waals surface area contributed by atoms with Gasteiger partial charge in [-0.15, -0.1) is 0 Å². The number of aryl methyl sites for hydroxylation is 1. The van der Waals surface area contributed by atoms with Crippen LogP contribution in [0.2, 0.25) is 0 Å². The highest BCUT2D eigenvalue weighted by Gasteiger charge is 2.16. The second kappa shape index (κ2) is 5.25. The molecular formula is C12H22N4. The summed E-state index contributed by atoms with van der Waals surface area (Å²) in [5, 5.41) is 0. The lowest BCUT2D eigenvalue weighted by molar-refractivity contribution is 0.499. The molecule has 0 bridgehead atoms. The first kappa shape index (κ1) is 12.9. The van der Waals surface area contributed by atoms with Crippen molar-refractivity contribution in [3.8, 4) is 0 Å². The monoisotopic (exact) mass is 222 g/mol. The van der Waals surface area contributed by atoms with E-state index in [1.54, 1.807) is 0 Å². The molecule has 1 aromatic heterocycles. The van der Waals surface area contributed by atoms with Gasteiger partial charge >= 0.3 is 0 Å². The Morgan fingerprint density at radius 2 is 2.00 bits per heavy atom. The Hall–Kier alpha value is -1.16. The number of aromatic nitrogens is 2. The molecule has 4 heteroatoms. The lowest BCUT2D eigenvalue weighted by atomic mass is 10.1. The normalized spacial score (nSPS) is 12.9. The molecule has 90 valence electrons. The van der Waals surface area contributed by atoms with Crippen molar-refractivity contribution < 1.29 is 0 Å². The van der Waals surface area contributed by atoms with Crippen LogP contribution in [0, 0.1) is 12.8 Å². The van der Waals surface area contributed by atoms with E-state index in [-0.39, 0.29) is 0 Å². The van der Waals surface area contributed by atoms with E-state index in [4.69, 9.17) is 5.73 Å². The molecule has 1 unspecified atom stereocenters. The summed E-state index contributed by atoms with van der Waals surface area (Å²) < 4.78 is 0. The van der Waals surface area contributed by atoms with Crippen LogP contribution >= 0.6 is 0 Å². The summed E-state index contributed by atoms with van der Waals surface area (Å²) in [5.41, 5.74) is 7.57. The molecule has 0 aliphatic carbocycles. The molecule has 0 radical (unpaired) electrons. The predicted molar refractivity (Wildman–Crippen MR) is 67.4 cm³/mol. The molecule has 0 saturated heterocycles. The maximum absolute atomic E-state index is 5.59. The van der Waals surface area contributed by atoms with E-state index >= 15 is 0 Å². The highest BCUT2D eigenvalue weighted by atomic mass is 15.2. The van der Waals surface area contributed by atoms with Crippen molar-refractivity contribution in [2.45, 2.75) is 40.3 Å². The second-order valence-corrected chi connectivity index (χ2v) is 4.58. The summed E-state index contributed by atoms with van der Waals surface area (Å²) in [7, 11) is 2.03. The largest absolute Gasteiger partial charge is 0.341 e. The highest BCUT2D eigenvalue weighted by molar-refractivity contribution is 5.33. The van der Waals surface area contributed by atoms with Gasteiger partial charge in [0.25, 0.3) is 0 Å². The molecule has 0 saturated carbocycles. The minimum atomic E-state index is 0.420. The molecule has 0 amide bonds. The van der Waals surface area contributed by atoms with E-state index in [0.717, 1.165) is 17.2 Å². The van der Waals surface area contributed by atoms with E-state index < -0.39 is 0 Å². The average molecular weight is 222 g/mol. The third-order valence-corrected chi connectivity index (χ3v) is 3.18. The van der Waals surface area contributed by atoms with Crippen LogP contribution in [0.1, 0.15) is 32.0 Å². The van der Waals surface area contributed by atoms with Crippen molar-refractivity contribution in [1.82, 2.24) is 9.97 Å². The Balaban J connectivity index is 2.92. The standard InChI is InChI=1S/C12H22N4/c1-8(2)10(4)16(5)12-14-7-11(6-13)9(3)15-12/h7-8,10H,6,13H2,1-5H3. The first-order chi connectivity index (χ1) is 7.47. The van der Waals surface area contributed by atoms with Gasteiger partial charge in [0.1, 0.15) is 0 Å². The van der Waals surface area contributed by atoms with Gasteiger partial charge in [-0.2, -0.15) is 0 Å². The van der Waals surface area contributed by atoms with Crippen LogP contribution in [0.5, 0.6) is 0 Å². The lowest BCUT2D eigenvalue weighted by Gasteiger charge is -2.28. The van der Waals surface area contributed by atoms with Crippen molar-refractivity contribution in [3.63, 3.8) is 0 Å². The summed E-state index contributed by atoms with van der Waals surface area (Å²) in [5.74, 6) is 1.35. The van der Waals surface area contributed by atoms with Crippen LogP contribution in [-0.2, 0) is 6.54 Å². The number of hydrogen-bond donors (Lipinski definition) is 1. The van der Waals surface area contributed by atoms with Gasteiger partial charge < -0.3 is 10.6 Å². The molecule has 0 aliphatic heterocycles. The molecule has 2 N–H and O–H groups in total. The Morgan fingerprint density at radius 3 is 2.44 bits per heavy atom. The topological polar surface area (TPSA) is 55.0 Å². The highest BCUT2D eigenvalue weighted by Crippen LogP contribution is 2.15. The summed E-state index contributed by atoms with van der Waals surface area (Å²) >= 11 is 0. The smallest absolute Gasteiger partial charge is 0.225 e. The summed E-state index contributed by atoms with van der Waals surface area (Å²) in [4.78, 5) is 10.9. The van der Waals surface area contributed by atoms with Gasteiger partial charge in [-0.3, -0.25) is 0 Å². The molecule has 1 atom stereocenters. The molecule has 0 aliphatic rings. The van der Waals surface area contributed by atoms with Gasteiger partial charge in [-0.05, 0) is 19.8 Å². The third kappa shape index (κ3) is 2.70. The quantitative estimate of drug-likeness (QED) is 0.843. The zero-order valence-electron chi connectivity index (χ0n) is 10.9. The van der Waals surface area contributed by atoms with E-state index in [9.17, 15) is 0 Å². The van der Waals surface area contributed by atoms with Crippen LogP contribution < -0.4 is 10.6 Å².